The van der Waals surface area contributed by atoms with E-state index in [0.717, 1.165) is 52.6 Å². The van der Waals surface area contributed by atoms with Crippen LogP contribution in [-0.2, 0) is 11.2 Å². The maximum atomic E-state index is 5.51. The summed E-state index contributed by atoms with van der Waals surface area (Å²) in [6.45, 7) is 5.04. The molecule has 184 valence electrons. The van der Waals surface area contributed by atoms with Crippen molar-refractivity contribution < 1.29 is 4.74 Å². The van der Waals surface area contributed by atoms with Gasteiger partial charge in [0.1, 0.15) is 11.6 Å². The molecule has 0 radical (unpaired) electrons. The van der Waals surface area contributed by atoms with Crippen molar-refractivity contribution in [2.24, 2.45) is 5.10 Å². The summed E-state index contributed by atoms with van der Waals surface area (Å²) in [5, 5.41) is 13.6. The number of hydrogen-bond donors (Lipinski definition) is 2. The van der Waals surface area contributed by atoms with Crippen LogP contribution < -0.4 is 10.3 Å². The van der Waals surface area contributed by atoms with Gasteiger partial charge in [-0.25, -0.2) is 9.97 Å². The number of aromatic amines is 1. The fraction of sp³-hybridized carbons (Fsp3) is 0.280. The first-order chi connectivity index (χ1) is 17.7. The predicted octanol–water partition coefficient (Wildman–Crippen LogP) is 3.58. The van der Waals surface area contributed by atoms with Gasteiger partial charge >= 0.3 is 0 Å². The fourth-order valence-corrected chi connectivity index (χ4v) is 4.47. The zero-order chi connectivity index (χ0) is 24.6. The van der Waals surface area contributed by atoms with Gasteiger partial charge in [0, 0.05) is 49.3 Å². The van der Waals surface area contributed by atoms with Crippen LogP contribution in [0, 0.1) is 6.92 Å². The summed E-state index contributed by atoms with van der Waals surface area (Å²) in [4.78, 5) is 19.0. The van der Waals surface area contributed by atoms with E-state index in [0.29, 0.717) is 25.5 Å². The van der Waals surface area contributed by atoms with Crippen LogP contribution in [0.5, 0.6) is 0 Å². The lowest BCUT2D eigenvalue weighted by atomic mass is 10.2. The Hall–Kier alpha value is -3.83. The fourth-order valence-electron chi connectivity index (χ4n) is 3.72. The minimum atomic E-state index is 0.662. The Kier molecular flexibility index (Phi) is 7.79. The molecule has 10 nitrogen and oxygen atoms in total. The average Bonchev–Trinajstić information content (AvgIpc) is 3.39. The molecular weight excluding hydrogens is 474 g/mol. The molecule has 36 heavy (non-hydrogen) atoms. The van der Waals surface area contributed by atoms with Gasteiger partial charge in [0.2, 0.25) is 0 Å². The second kappa shape index (κ2) is 11.7. The van der Waals surface area contributed by atoms with Crippen molar-refractivity contribution in [1.29, 1.82) is 0 Å². The van der Waals surface area contributed by atoms with Crippen LogP contribution in [0.2, 0.25) is 0 Å². The highest BCUT2D eigenvalue weighted by Gasteiger charge is 2.15. The highest BCUT2D eigenvalue weighted by atomic mass is 32.2. The van der Waals surface area contributed by atoms with Crippen LogP contribution in [0.15, 0.2) is 65.1 Å². The molecule has 0 aliphatic carbocycles. The first-order valence-electron chi connectivity index (χ1n) is 11.8. The molecule has 1 saturated heterocycles. The molecule has 4 heterocycles. The third-order valence-electron chi connectivity index (χ3n) is 5.51. The van der Waals surface area contributed by atoms with Crippen molar-refractivity contribution in [3.63, 3.8) is 0 Å². The van der Waals surface area contributed by atoms with E-state index < -0.39 is 0 Å². The summed E-state index contributed by atoms with van der Waals surface area (Å²) >= 11 is 1.59. The molecule has 11 heteroatoms. The Balaban J connectivity index is 1.26. The lowest BCUT2D eigenvalue weighted by Crippen LogP contribution is -2.37. The number of hydrogen-bond acceptors (Lipinski definition) is 10. The van der Waals surface area contributed by atoms with Crippen LogP contribution in [0.25, 0.3) is 11.4 Å². The van der Waals surface area contributed by atoms with E-state index in [1.807, 2.05) is 30.3 Å². The van der Waals surface area contributed by atoms with E-state index in [4.69, 9.17) is 14.7 Å². The monoisotopic (exact) mass is 501 g/mol. The third kappa shape index (κ3) is 6.43. The number of rotatable bonds is 9. The molecule has 2 N–H and O–H groups in total. The number of nitrogens with one attached hydrogen (secondary N) is 2. The van der Waals surface area contributed by atoms with E-state index in [-0.39, 0.29) is 0 Å². The van der Waals surface area contributed by atoms with Crippen LogP contribution in [0.4, 0.5) is 11.6 Å². The summed E-state index contributed by atoms with van der Waals surface area (Å²) in [6.07, 6.45) is 5.94. The topological polar surface area (TPSA) is 117 Å². The maximum Gasteiger partial charge on any atom is 0.188 e. The Labute approximate surface area is 213 Å². The van der Waals surface area contributed by atoms with E-state index >= 15 is 0 Å². The van der Waals surface area contributed by atoms with Gasteiger partial charge in [-0.05, 0) is 24.6 Å². The van der Waals surface area contributed by atoms with Gasteiger partial charge < -0.3 is 14.6 Å². The van der Waals surface area contributed by atoms with E-state index in [9.17, 15) is 0 Å². The van der Waals surface area contributed by atoms with Crippen LogP contribution in [0.3, 0.4) is 0 Å². The lowest BCUT2D eigenvalue weighted by Gasteiger charge is -2.28. The van der Waals surface area contributed by atoms with Crippen molar-refractivity contribution in [1.82, 2.24) is 30.1 Å². The van der Waals surface area contributed by atoms with Crippen molar-refractivity contribution in [2.45, 2.75) is 18.5 Å². The number of nitrogens with zero attached hydrogens (tertiary/aromatic N) is 7. The molecule has 1 aromatic carbocycles. The summed E-state index contributed by atoms with van der Waals surface area (Å²) in [7, 11) is 0. The average molecular weight is 502 g/mol. The molecule has 3 aromatic heterocycles. The standard InChI is InChI=1S/C25H27N9OS/c1-18-3-2-4-19(15-18)17-27-31-22-16-23(34-10-12-35-13-11-34)29-21(28-22)7-14-36-25-30-24(32-33-25)20-5-8-26-9-6-20/h2-6,8-9,15-17H,7,10-14H2,1H3,(H,28,29,31)(H,30,32,33)/b27-17+. The Morgan fingerprint density at radius 1 is 1.11 bits per heavy atom. The number of H-pyrrole nitrogens is 1. The number of anilines is 2. The van der Waals surface area contributed by atoms with E-state index in [1.165, 1.54) is 5.56 Å². The number of thioether (sulfide) groups is 1. The summed E-state index contributed by atoms with van der Waals surface area (Å²) in [5.74, 6) is 3.76. The molecule has 1 aliphatic heterocycles. The summed E-state index contributed by atoms with van der Waals surface area (Å²) in [5.41, 5.74) is 6.25. The minimum absolute atomic E-state index is 0.662. The first-order valence-corrected chi connectivity index (χ1v) is 12.7. The Morgan fingerprint density at radius 2 is 1.97 bits per heavy atom. The molecule has 1 fully saturated rings. The summed E-state index contributed by atoms with van der Waals surface area (Å²) < 4.78 is 5.51. The predicted molar refractivity (Wildman–Crippen MR) is 142 cm³/mol. The largest absolute Gasteiger partial charge is 0.378 e. The van der Waals surface area contributed by atoms with Crippen LogP contribution >= 0.6 is 11.8 Å². The summed E-state index contributed by atoms with van der Waals surface area (Å²) in [6, 6.07) is 13.9. The third-order valence-corrected chi connectivity index (χ3v) is 6.38. The number of ether oxygens (including phenoxy) is 1. The molecular formula is C25H27N9OS. The molecule has 1 aliphatic rings. The van der Waals surface area contributed by atoms with E-state index in [2.05, 4.69) is 54.6 Å². The second-order valence-electron chi connectivity index (χ2n) is 8.22. The van der Waals surface area contributed by atoms with Gasteiger partial charge in [0.05, 0.1) is 19.4 Å². The zero-order valence-corrected chi connectivity index (χ0v) is 20.8. The molecule has 0 bridgehead atoms. The molecule has 4 aromatic rings. The highest BCUT2D eigenvalue weighted by Crippen LogP contribution is 2.21. The van der Waals surface area contributed by atoms with Gasteiger partial charge in [0.25, 0.3) is 0 Å². The zero-order valence-electron chi connectivity index (χ0n) is 20.0. The van der Waals surface area contributed by atoms with Gasteiger partial charge in [-0.1, -0.05) is 41.6 Å². The first kappa shape index (κ1) is 23.9. The number of morpholine rings is 1. The number of pyridine rings is 1. The van der Waals surface area contributed by atoms with Crippen LogP contribution in [0.1, 0.15) is 17.0 Å². The number of aromatic nitrogens is 6. The number of aryl methyl sites for hydroxylation is 2. The second-order valence-corrected chi connectivity index (χ2v) is 9.31. The molecule has 0 spiro atoms. The van der Waals surface area contributed by atoms with Gasteiger partial charge in [0.15, 0.2) is 16.8 Å². The Bertz CT molecular complexity index is 1310. The maximum absolute atomic E-state index is 5.51. The van der Waals surface area contributed by atoms with Crippen molar-refractivity contribution in [2.75, 3.05) is 42.4 Å². The van der Waals surface area contributed by atoms with Gasteiger partial charge in [-0.3, -0.25) is 10.4 Å². The van der Waals surface area contributed by atoms with Crippen molar-refractivity contribution >= 4 is 29.6 Å². The molecule has 0 atom stereocenters. The lowest BCUT2D eigenvalue weighted by molar-refractivity contribution is 0.122. The SMILES string of the molecule is Cc1cccc(/C=N/Nc2cc(N3CCOCC3)nc(CCSc3nnc(-c4ccncc4)[nH]3)n2)c1. The normalized spacial score (nSPS) is 13.9. The van der Waals surface area contributed by atoms with Gasteiger partial charge in [-0.2, -0.15) is 5.10 Å². The quantitative estimate of drug-likeness (QED) is 0.202. The minimum Gasteiger partial charge on any atom is -0.378 e. The molecule has 5 rings (SSSR count). The molecule has 0 saturated carbocycles. The number of hydrazone groups is 1. The van der Waals surface area contributed by atoms with Gasteiger partial charge in [-0.15, -0.1) is 10.2 Å². The van der Waals surface area contributed by atoms with Crippen LogP contribution in [-0.4, -0.2) is 68.4 Å². The number of benzene rings is 1. The van der Waals surface area contributed by atoms with E-state index in [1.54, 1.807) is 30.4 Å². The van der Waals surface area contributed by atoms with Crippen molar-refractivity contribution in [3.05, 3.63) is 71.8 Å². The van der Waals surface area contributed by atoms with Crippen molar-refractivity contribution in [3.8, 4) is 11.4 Å². The molecule has 0 amide bonds. The highest BCUT2D eigenvalue weighted by molar-refractivity contribution is 7.99. The Morgan fingerprint density at radius 3 is 2.81 bits per heavy atom. The molecule has 0 unspecified atom stereocenters. The smallest absolute Gasteiger partial charge is 0.188 e.